The first kappa shape index (κ1) is 10.5. The molecule has 0 saturated carbocycles. The quantitative estimate of drug-likeness (QED) is 0.826. The smallest absolute Gasteiger partial charge is 0.174 e. The van der Waals surface area contributed by atoms with Crippen molar-refractivity contribution in [3.8, 4) is 5.82 Å². The summed E-state index contributed by atoms with van der Waals surface area (Å²) in [5.74, 6) is 1.61. The number of nitrogens with zero attached hydrogens (tertiary/aromatic N) is 3. The zero-order valence-electron chi connectivity index (χ0n) is 9.93. The summed E-state index contributed by atoms with van der Waals surface area (Å²) in [5, 5.41) is 15.0. The van der Waals surface area contributed by atoms with E-state index in [1.54, 1.807) is 6.20 Å². The summed E-state index contributed by atoms with van der Waals surface area (Å²) in [5.41, 5.74) is 1.11. The lowest BCUT2D eigenvalue weighted by molar-refractivity contribution is 0.328. The van der Waals surface area contributed by atoms with Crippen LogP contribution in [0.2, 0.25) is 0 Å². The third-order valence-electron chi connectivity index (χ3n) is 3.35. The fourth-order valence-electron chi connectivity index (χ4n) is 2.28. The number of hydrogen-bond donors (Lipinski definition) is 2. The van der Waals surface area contributed by atoms with Gasteiger partial charge in [-0.05, 0) is 31.4 Å². The van der Waals surface area contributed by atoms with Gasteiger partial charge in [-0.1, -0.05) is 6.92 Å². The third kappa shape index (κ3) is 2.10. The summed E-state index contributed by atoms with van der Waals surface area (Å²) in [7, 11) is 0. The predicted octanol–water partition coefficient (Wildman–Crippen LogP) is 1.66. The number of rotatable bonds is 2. The van der Waals surface area contributed by atoms with Crippen molar-refractivity contribution in [3.63, 3.8) is 0 Å². The summed E-state index contributed by atoms with van der Waals surface area (Å²) in [6, 6.07) is 4.38. The highest BCUT2D eigenvalue weighted by Crippen LogP contribution is 2.24. The molecular weight excluding hydrogens is 214 g/mol. The molecule has 3 heterocycles. The summed E-state index contributed by atoms with van der Waals surface area (Å²) < 4.78 is 1.81. The second-order valence-electron chi connectivity index (χ2n) is 4.76. The molecule has 3 rings (SSSR count). The van der Waals surface area contributed by atoms with E-state index in [9.17, 15) is 0 Å². The lowest BCUT2D eigenvalue weighted by Crippen LogP contribution is -2.32. The van der Waals surface area contributed by atoms with Crippen molar-refractivity contribution >= 4 is 0 Å². The lowest BCUT2D eigenvalue weighted by Gasteiger charge is -2.26. The number of H-pyrrole nitrogens is 1. The Hall–Kier alpha value is -1.62. The zero-order chi connectivity index (χ0) is 11.7. The van der Waals surface area contributed by atoms with Gasteiger partial charge in [0.25, 0.3) is 0 Å². The van der Waals surface area contributed by atoms with Crippen molar-refractivity contribution < 1.29 is 0 Å². The van der Waals surface area contributed by atoms with E-state index in [1.165, 1.54) is 12.8 Å². The Morgan fingerprint density at radius 1 is 1.35 bits per heavy atom. The van der Waals surface area contributed by atoms with Crippen LogP contribution in [0.3, 0.4) is 0 Å². The Morgan fingerprint density at radius 2 is 2.29 bits per heavy atom. The molecule has 1 fully saturated rings. The van der Waals surface area contributed by atoms with Crippen LogP contribution in [0, 0.1) is 5.92 Å². The minimum atomic E-state index is 0.395. The van der Waals surface area contributed by atoms with Gasteiger partial charge in [0.1, 0.15) is 0 Å². The number of nitrogens with one attached hydrogen (secondary N) is 2. The summed E-state index contributed by atoms with van der Waals surface area (Å²) in [6.45, 7) is 3.37. The minimum absolute atomic E-state index is 0.395. The van der Waals surface area contributed by atoms with Crippen LogP contribution in [0.4, 0.5) is 0 Å². The van der Waals surface area contributed by atoms with Gasteiger partial charge in [0.05, 0.1) is 11.7 Å². The van der Waals surface area contributed by atoms with E-state index >= 15 is 0 Å². The molecule has 2 aromatic rings. The second kappa shape index (κ2) is 4.33. The van der Waals surface area contributed by atoms with E-state index in [0.717, 1.165) is 24.0 Å². The van der Waals surface area contributed by atoms with Gasteiger partial charge in [-0.3, -0.25) is 5.10 Å². The van der Waals surface area contributed by atoms with E-state index in [2.05, 4.69) is 33.6 Å². The molecule has 17 heavy (non-hydrogen) atoms. The first-order valence-corrected chi connectivity index (χ1v) is 6.12. The molecule has 2 N–H and O–H groups in total. The highest BCUT2D eigenvalue weighted by Gasteiger charge is 2.20. The predicted molar refractivity (Wildman–Crippen MR) is 64.9 cm³/mol. The Bertz CT molecular complexity index is 465. The molecule has 2 atom stereocenters. The lowest BCUT2D eigenvalue weighted by atomic mass is 9.95. The summed E-state index contributed by atoms with van der Waals surface area (Å²) in [4.78, 5) is 0. The molecule has 5 heteroatoms. The molecule has 2 aromatic heterocycles. The SMILES string of the molecule is CC1CCC(c2ccn(-c3cc[nH]n3)n2)NC1. The maximum Gasteiger partial charge on any atom is 0.174 e. The van der Waals surface area contributed by atoms with Crippen molar-refractivity contribution in [1.82, 2.24) is 25.3 Å². The van der Waals surface area contributed by atoms with Gasteiger partial charge in [-0.2, -0.15) is 10.2 Å². The summed E-state index contributed by atoms with van der Waals surface area (Å²) in [6.07, 6.45) is 6.20. The van der Waals surface area contributed by atoms with Gasteiger partial charge in [-0.25, -0.2) is 4.68 Å². The molecule has 0 bridgehead atoms. The molecule has 90 valence electrons. The molecule has 0 aliphatic carbocycles. The van der Waals surface area contributed by atoms with Crippen molar-refractivity contribution in [2.75, 3.05) is 6.54 Å². The van der Waals surface area contributed by atoms with E-state index < -0.39 is 0 Å². The Labute approximate surface area is 100 Å². The molecule has 1 aliphatic heterocycles. The van der Waals surface area contributed by atoms with Gasteiger partial charge >= 0.3 is 0 Å². The molecule has 1 aliphatic rings. The normalized spacial score (nSPS) is 25.0. The molecule has 0 radical (unpaired) electrons. The zero-order valence-corrected chi connectivity index (χ0v) is 9.93. The maximum atomic E-state index is 4.57. The van der Waals surface area contributed by atoms with Crippen LogP contribution in [0.5, 0.6) is 0 Å². The number of aromatic amines is 1. The Balaban J connectivity index is 1.76. The van der Waals surface area contributed by atoms with Crippen molar-refractivity contribution in [3.05, 3.63) is 30.2 Å². The first-order valence-electron chi connectivity index (χ1n) is 6.12. The topological polar surface area (TPSA) is 58.5 Å². The molecule has 0 spiro atoms. The van der Waals surface area contributed by atoms with Crippen LogP contribution in [0.1, 0.15) is 31.5 Å². The van der Waals surface area contributed by atoms with E-state index in [-0.39, 0.29) is 0 Å². The average molecular weight is 231 g/mol. The van der Waals surface area contributed by atoms with Crippen LogP contribution in [0.25, 0.3) is 5.82 Å². The van der Waals surface area contributed by atoms with E-state index in [1.807, 2.05) is 16.9 Å². The van der Waals surface area contributed by atoms with Crippen molar-refractivity contribution in [1.29, 1.82) is 0 Å². The molecule has 2 unspecified atom stereocenters. The van der Waals surface area contributed by atoms with Gasteiger partial charge in [0.15, 0.2) is 5.82 Å². The van der Waals surface area contributed by atoms with E-state index in [4.69, 9.17) is 0 Å². The van der Waals surface area contributed by atoms with Gasteiger partial charge < -0.3 is 5.32 Å². The standard InChI is InChI=1S/C12H17N5/c1-9-2-3-10(13-8-9)11-5-7-17(16-11)12-4-6-14-15-12/h4-7,9-10,13H,2-3,8H2,1H3,(H,14,15). The first-order chi connectivity index (χ1) is 8.33. The van der Waals surface area contributed by atoms with Gasteiger partial charge in [0, 0.05) is 18.5 Å². The molecular formula is C12H17N5. The van der Waals surface area contributed by atoms with Crippen LogP contribution >= 0.6 is 0 Å². The fraction of sp³-hybridized carbons (Fsp3) is 0.500. The molecule has 5 nitrogen and oxygen atoms in total. The Morgan fingerprint density at radius 3 is 3.00 bits per heavy atom. The maximum absolute atomic E-state index is 4.57. The van der Waals surface area contributed by atoms with Gasteiger partial charge in [0.2, 0.25) is 0 Å². The Kier molecular flexibility index (Phi) is 2.68. The summed E-state index contributed by atoms with van der Waals surface area (Å²) >= 11 is 0. The number of hydrogen-bond acceptors (Lipinski definition) is 3. The van der Waals surface area contributed by atoms with Crippen molar-refractivity contribution in [2.24, 2.45) is 5.92 Å². The van der Waals surface area contributed by atoms with Crippen LogP contribution in [0.15, 0.2) is 24.5 Å². The third-order valence-corrected chi connectivity index (χ3v) is 3.35. The minimum Gasteiger partial charge on any atom is -0.308 e. The van der Waals surface area contributed by atoms with Crippen molar-refractivity contribution in [2.45, 2.75) is 25.8 Å². The largest absolute Gasteiger partial charge is 0.308 e. The van der Waals surface area contributed by atoms with Crippen LogP contribution in [-0.2, 0) is 0 Å². The van der Waals surface area contributed by atoms with Gasteiger partial charge in [-0.15, -0.1) is 0 Å². The average Bonchev–Trinajstić information content (AvgIpc) is 3.00. The van der Waals surface area contributed by atoms with Crippen LogP contribution in [-0.4, -0.2) is 26.5 Å². The highest BCUT2D eigenvalue weighted by atomic mass is 15.3. The number of aromatic nitrogens is 4. The molecule has 1 saturated heterocycles. The monoisotopic (exact) mass is 231 g/mol. The fourth-order valence-corrected chi connectivity index (χ4v) is 2.28. The van der Waals surface area contributed by atoms with Crippen LogP contribution < -0.4 is 5.32 Å². The van der Waals surface area contributed by atoms with E-state index in [0.29, 0.717) is 6.04 Å². The molecule has 0 amide bonds. The highest BCUT2D eigenvalue weighted by molar-refractivity contribution is 5.20. The molecule has 0 aromatic carbocycles. The number of piperidine rings is 1. The second-order valence-corrected chi connectivity index (χ2v) is 4.76.